The summed E-state index contributed by atoms with van der Waals surface area (Å²) >= 11 is 0. The van der Waals surface area contributed by atoms with Crippen LogP contribution in [-0.2, 0) is 9.59 Å². The van der Waals surface area contributed by atoms with E-state index in [1.54, 1.807) is 13.0 Å². The Labute approximate surface area is 147 Å². The molecule has 0 saturated heterocycles. The average Bonchev–Trinajstić information content (AvgIpc) is 2.62. The first kappa shape index (κ1) is 18.3. The molecule has 0 aromatic heterocycles. The standard InChI is InChI=1S/C20H22N2O3/c1-14-8-7-11-18(15(14)2)25-16(3)20(24)22-21-19(23)13-12-17-9-5-4-6-10-17/h4-13,16H,1-3H3,(H,21,23)(H,22,24)/b13-12+/t16-/m0/s1. The molecule has 0 saturated carbocycles. The molecule has 2 aromatic carbocycles. The molecular formula is C20H22N2O3. The molecule has 0 unspecified atom stereocenters. The second-order valence-corrected chi connectivity index (χ2v) is 5.68. The van der Waals surface area contributed by atoms with Crippen molar-refractivity contribution in [3.63, 3.8) is 0 Å². The highest BCUT2D eigenvalue weighted by atomic mass is 16.5. The molecule has 25 heavy (non-hydrogen) atoms. The van der Waals surface area contributed by atoms with Gasteiger partial charge in [0.1, 0.15) is 5.75 Å². The van der Waals surface area contributed by atoms with E-state index in [4.69, 9.17) is 4.74 Å². The minimum atomic E-state index is -0.737. The van der Waals surface area contributed by atoms with Crippen molar-refractivity contribution in [2.45, 2.75) is 26.9 Å². The van der Waals surface area contributed by atoms with Crippen molar-refractivity contribution >= 4 is 17.9 Å². The third-order valence-corrected chi connectivity index (χ3v) is 3.76. The van der Waals surface area contributed by atoms with E-state index in [0.717, 1.165) is 16.7 Å². The van der Waals surface area contributed by atoms with Crippen LogP contribution in [0.3, 0.4) is 0 Å². The van der Waals surface area contributed by atoms with Gasteiger partial charge < -0.3 is 4.74 Å². The molecule has 0 bridgehead atoms. The topological polar surface area (TPSA) is 67.4 Å². The number of hydrogen-bond acceptors (Lipinski definition) is 3. The average molecular weight is 338 g/mol. The number of hydrazine groups is 1. The van der Waals surface area contributed by atoms with Gasteiger partial charge in [0.2, 0.25) is 0 Å². The first-order valence-electron chi connectivity index (χ1n) is 8.03. The van der Waals surface area contributed by atoms with Gasteiger partial charge in [0.25, 0.3) is 11.8 Å². The number of aryl methyl sites for hydroxylation is 1. The predicted molar refractivity (Wildman–Crippen MR) is 97.8 cm³/mol. The lowest BCUT2D eigenvalue weighted by Crippen LogP contribution is -2.46. The van der Waals surface area contributed by atoms with Crippen LogP contribution in [0.1, 0.15) is 23.6 Å². The molecule has 0 fully saturated rings. The van der Waals surface area contributed by atoms with E-state index in [2.05, 4.69) is 10.9 Å². The highest BCUT2D eigenvalue weighted by Crippen LogP contribution is 2.21. The molecule has 0 aliphatic rings. The van der Waals surface area contributed by atoms with E-state index in [1.807, 2.05) is 62.4 Å². The quantitative estimate of drug-likeness (QED) is 0.651. The van der Waals surface area contributed by atoms with Gasteiger partial charge >= 0.3 is 0 Å². The van der Waals surface area contributed by atoms with Crippen molar-refractivity contribution in [3.05, 3.63) is 71.3 Å². The Morgan fingerprint density at radius 3 is 2.44 bits per heavy atom. The highest BCUT2D eigenvalue weighted by Gasteiger charge is 2.16. The summed E-state index contributed by atoms with van der Waals surface area (Å²) in [6.07, 6.45) is 2.28. The molecule has 1 atom stereocenters. The third-order valence-electron chi connectivity index (χ3n) is 3.76. The zero-order valence-corrected chi connectivity index (χ0v) is 14.6. The molecule has 2 N–H and O–H groups in total. The molecule has 2 amide bonds. The van der Waals surface area contributed by atoms with Crippen LogP contribution in [0.5, 0.6) is 5.75 Å². The third kappa shape index (κ3) is 5.49. The minimum absolute atomic E-state index is 0.420. The Kier molecular flexibility index (Phi) is 6.34. The van der Waals surface area contributed by atoms with E-state index in [1.165, 1.54) is 6.08 Å². The number of ether oxygens (including phenoxy) is 1. The Balaban J connectivity index is 1.84. The molecular weight excluding hydrogens is 316 g/mol. The van der Waals surface area contributed by atoms with Crippen molar-refractivity contribution in [2.75, 3.05) is 0 Å². The zero-order valence-electron chi connectivity index (χ0n) is 14.6. The van der Waals surface area contributed by atoms with Gasteiger partial charge in [-0.15, -0.1) is 0 Å². The highest BCUT2D eigenvalue weighted by molar-refractivity contribution is 5.93. The molecule has 0 radical (unpaired) electrons. The SMILES string of the molecule is Cc1cccc(O[C@@H](C)C(=O)NNC(=O)/C=C/c2ccccc2)c1C. The summed E-state index contributed by atoms with van der Waals surface area (Å²) in [6, 6.07) is 15.1. The van der Waals surface area contributed by atoms with Gasteiger partial charge in [-0.05, 0) is 49.6 Å². The molecule has 2 rings (SSSR count). The summed E-state index contributed by atoms with van der Waals surface area (Å²) in [7, 11) is 0. The zero-order chi connectivity index (χ0) is 18.2. The number of hydrogen-bond donors (Lipinski definition) is 2. The lowest BCUT2D eigenvalue weighted by atomic mass is 10.1. The van der Waals surface area contributed by atoms with Crippen molar-refractivity contribution < 1.29 is 14.3 Å². The minimum Gasteiger partial charge on any atom is -0.481 e. The first-order chi connectivity index (χ1) is 12.0. The van der Waals surface area contributed by atoms with Crippen LogP contribution >= 0.6 is 0 Å². The number of benzene rings is 2. The summed E-state index contributed by atoms with van der Waals surface area (Å²) in [6.45, 7) is 5.54. The normalized spacial score (nSPS) is 11.8. The summed E-state index contributed by atoms with van der Waals surface area (Å²) in [5.74, 6) is -0.198. The largest absolute Gasteiger partial charge is 0.481 e. The van der Waals surface area contributed by atoms with Crippen LogP contribution in [0.25, 0.3) is 6.08 Å². The molecule has 0 spiro atoms. The molecule has 5 heteroatoms. The lowest BCUT2D eigenvalue weighted by molar-refractivity contribution is -0.131. The summed E-state index contributed by atoms with van der Waals surface area (Å²) in [4.78, 5) is 23.8. The Morgan fingerprint density at radius 2 is 1.72 bits per heavy atom. The summed E-state index contributed by atoms with van der Waals surface area (Å²) in [5, 5.41) is 0. The fourth-order valence-electron chi connectivity index (χ4n) is 2.10. The van der Waals surface area contributed by atoms with E-state index in [-0.39, 0.29) is 0 Å². The van der Waals surface area contributed by atoms with Crippen molar-refractivity contribution in [1.82, 2.24) is 10.9 Å². The number of nitrogens with one attached hydrogen (secondary N) is 2. The number of carbonyl (C=O) groups excluding carboxylic acids is 2. The van der Waals surface area contributed by atoms with Crippen LogP contribution in [0.2, 0.25) is 0 Å². The van der Waals surface area contributed by atoms with Crippen LogP contribution in [0, 0.1) is 13.8 Å². The van der Waals surface area contributed by atoms with Gasteiger partial charge in [0.05, 0.1) is 0 Å². The molecule has 130 valence electrons. The van der Waals surface area contributed by atoms with Crippen LogP contribution < -0.4 is 15.6 Å². The second-order valence-electron chi connectivity index (χ2n) is 5.68. The molecule has 5 nitrogen and oxygen atoms in total. The van der Waals surface area contributed by atoms with Crippen molar-refractivity contribution in [3.8, 4) is 5.75 Å². The fraction of sp³-hybridized carbons (Fsp3) is 0.200. The number of rotatable bonds is 5. The maximum Gasteiger partial charge on any atom is 0.279 e. The Morgan fingerprint density at radius 1 is 1.00 bits per heavy atom. The van der Waals surface area contributed by atoms with Crippen molar-refractivity contribution in [1.29, 1.82) is 0 Å². The van der Waals surface area contributed by atoms with E-state index < -0.39 is 17.9 Å². The predicted octanol–water partition coefficient (Wildman–Crippen LogP) is 2.93. The Hall–Kier alpha value is -3.08. The first-order valence-corrected chi connectivity index (χ1v) is 8.03. The van der Waals surface area contributed by atoms with Gasteiger partial charge in [-0.25, -0.2) is 0 Å². The van der Waals surface area contributed by atoms with Gasteiger partial charge in [-0.2, -0.15) is 0 Å². The lowest BCUT2D eigenvalue weighted by Gasteiger charge is -2.17. The monoisotopic (exact) mass is 338 g/mol. The number of amides is 2. The maximum atomic E-state index is 12.0. The van der Waals surface area contributed by atoms with Crippen LogP contribution in [0.15, 0.2) is 54.6 Å². The molecule has 0 aliphatic carbocycles. The summed E-state index contributed by atoms with van der Waals surface area (Å²) in [5.41, 5.74) is 7.67. The van der Waals surface area contributed by atoms with Gasteiger partial charge in [0.15, 0.2) is 6.10 Å². The molecule has 0 aliphatic heterocycles. The maximum absolute atomic E-state index is 12.0. The van der Waals surface area contributed by atoms with E-state index >= 15 is 0 Å². The van der Waals surface area contributed by atoms with Crippen molar-refractivity contribution in [2.24, 2.45) is 0 Å². The Bertz CT molecular complexity index is 770. The van der Waals surface area contributed by atoms with Gasteiger partial charge in [-0.3, -0.25) is 20.4 Å². The fourth-order valence-corrected chi connectivity index (χ4v) is 2.10. The summed E-state index contributed by atoms with van der Waals surface area (Å²) < 4.78 is 5.67. The molecule has 2 aromatic rings. The van der Waals surface area contributed by atoms with Gasteiger partial charge in [0, 0.05) is 6.08 Å². The second kappa shape index (κ2) is 8.68. The smallest absolute Gasteiger partial charge is 0.279 e. The van der Waals surface area contributed by atoms with E-state index in [9.17, 15) is 9.59 Å². The molecule has 0 heterocycles. The van der Waals surface area contributed by atoms with E-state index in [0.29, 0.717) is 5.75 Å². The van der Waals surface area contributed by atoms with Crippen LogP contribution in [0.4, 0.5) is 0 Å². The number of carbonyl (C=O) groups is 2. The van der Waals surface area contributed by atoms with Crippen LogP contribution in [-0.4, -0.2) is 17.9 Å². The van der Waals surface area contributed by atoms with Gasteiger partial charge in [-0.1, -0.05) is 42.5 Å².